The van der Waals surface area contributed by atoms with E-state index in [1.807, 2.05) is 0 Å². The maximum Gasteiger partial charge on any atom is 0.168 e. The van der Waals surface area contributed by atoms with E-state index in [2.05, 4.69) is 32.9 Å². The molecule has 0 aromatic rings. The summed E-state index contributed by atoms with van der Waals surface area (Å²) in [6.07, 6.45) is 8.07. The number of allylic oxidation sites excluding steroid dienone is 4. The summed E-state index contributed by atoms with van der Waals surface area (Å²) in [5.41, 5.74) is 2.28. The number of hydrogen-bond acceptors (Lipinski definition) is 2. The van der Waals surface area contributed by atoms with Gasteiger partial charge in [-0.3, -0.25) is 4.79 Å². The van der Waals surface area contributed by atoms with Gasteiger partial charge in [-0.15, -0.1) is 11.6 Å². The molecule has 108 valence electrons. The summed E-state index contributed by atoms with van der Waals surface area (Å²) in [6.45, 7) is 6.98. The molecular weight excluding hydrogens is 260 g/mol. The van der Waals surface area contributed by atoms with Crippen LogP contribution in [0.15, 0.2) is 23.3 Å². The second kappa shape index (κ2) is 7.86. The van der Waals surface area contributed by atoms with Gasteiger partial charge in [-0.1, -0.05) is 44.1 Å². The maximum absolute atomic E-state index is 12.5. The van der Waals surface area contributed by atoms with Crippen LogP contribution in [0.3, 0.4) is 0 Å². The van der Waals surface area contributed by atoms with Gasteiger partial charge >= 0.3 is 0 Å². The highest BCUT2D eigenvalue weighted by Crippen LogP contribution is 2.39. The zero-order valence-corrected chi connectivity index (χ0v) is 13.1. The summed E-state index contributed by atoms with van der Waals surface area (Å²) in [4.78, 5) is 12.5. The standard InChI is InChI=1S/C16H25ClO2/c1-4-13-9-14(5-2)11-16(6-3,10-13)15(18)12-19-8-7-17/h9-10H,4-8,11-12H2,1-3H3. The fourth-order valence-electron chi connectivity index (χ4n) is 2.56. The van der Waals surface area contributed by atoms with Gasteiger partial charge in [0.1, 0.15) is 6.61 Å². The average molecular weight is 285 g/mol. The molecule has 1 rings (SSSR count). The molecule has 0 aromatic carbocycles. The molecule has 0 saturated carbocycles. The van der Waals surface area contributed by atoms with Crippen molar-refractivity contribution in [2.45, 2.75) is 46.5 Å². The number of halogens is 1. The van der Waals surface area contributed by atoms with E-state index in [1.165, 1.54) is 11.1 Å². The Hall–Kier alpha value is -0.600. The first kappa shape index (κ1) is 16.5. The molecule has 3 heteroatoms. The van der Waals surface area contributed by atoms with E-state index in [0.717, 1.165) is 25.7 Å². The molecule has 0 N–H and O–H groups in total. The third-order valence-electron chi connectivity index (χ3n) is 3.90. The van der Waals surface area contributed by atoms with Crippen molar-refractivity contribution in [3.8, 4) is 0 Å². The van der Waals surface area contributed by atoms with Gasteiger partial charge in [0.2, 0.25) is 0 Å². The van der Waals surface area contributed by atoms with Crippen molar-refractivity contribution in [1.29, 1.82) is 0 Å². The number of ether oxygens (including phenoxy) is 1. The number of carbonyl (C=O) groups excluding carboxylic acids is 1. The number of rotatable bonds is 8. The van der Waals surface area contributed by atoms with Gasteiger partial charge < -0.3 is 4.74 Å². The first-order chi connectivity index (χ1) is 9.11. The highest BCUT2D eigenvalue weighted by molar-refractivity contribution is 6.17. The van der Waals surface area contributed by atoms with Crippen LogP contribution in [0.4, 0.5) is 0 Å². The molecule has 0 bridgehead atoms. The molecular formula is C16H25ClO2. The lowest BCUT2D eigenvalue weighted by Gasteiger charge is -2.33. The van der Waals surface area contributed by atoms with Crippen LogP contribution in [0.25, 0.3) is 0 Å². The third-order valence-corrected chi connectivity index (χ3v) is 4.05. The molecule has 0 fully saturated rings. The molecule has 1 aliphatic rings. The Morgan fingerprint density at radius 2 is 2.11 bits per heavy atom. The van der Waals surface area contributed by atoms with Crippen LogP contribution >= 0.6 is 11.6 Å². The molecule has 0 aliphatic heterocycles. The molecule has 0 spiro atoms. The largest absolute Gasteiger partial charge is 0.372 e. The van der Waals surface area contributed by atoms with Crippen LogP contribution in [0, 0.1) is 5.41 Å². The van der Waals surface area contributed by atoms with Gasteiger partial charge in [-0.05, 0) is 25.7 Å². The maximum atomic E-state index is 12.5. The monoisotopic (exact) mass is 284 g/mol. The van der Waals surface area contributed by atoms with Crippen LogP contribution in [0.2, 0.25) is 0 Å². The Bertz CT molecular complexity index is 371. The average Bonchev–Trinajstić information content (AvgIpc) is 2.46. The third kappa shape index (κ3) is 4.19. The van der Waals surface area contributed by atoms with Gasteiger partial charge in [0.15, 0.2) is 5.78 Å². The van der Waals surface area contributed by atoms with Crippen LogP contribution in [-0.2, 0) is 9.53 Å². The van der Waals surface area contributed by atoms with Crippen molar-refractivity contribution in [1.82, 2.24) is 0 Å². The Morgan fingerprint density at radius 1 is 1.37 bits per heavy atom. The van der Waals surface area contributed by atoms with Gasteiger partial charge in [-0.25, -0.2) is 0 Å². The normalized spacial score (nSPS) is 22.9. The van der Waals surface area contributed by atoms with Crippen molar-refractivity contribution in [3.05, 3.63) is 23.3 Å². The van der Waals surface area contributed by atoms with E-state index in [1.54, 1.807) is 0 Å². The second-order valence-corrected chi connectivity index (χ2v) is 5.46. The fourth-order valence-corrected chi connectivity index (χ4v) is 2.67. The first-order valence-corrected chi connectivity index (χ1v) is 7.73. The number of ketones is 1. The highest BCUT2D eigenvalue weighted by atomic mass is 35.5. The number of alkyl halides is 1. The topological polar surface area (TPSA) is 26.3 Å². The predicted octanol–water partition coefficient (Wildman–Crippen LogP) is 4.28. The molecule has 2 nitrogen and oxygen atoms in total. The summed E-state index contributed by atoms with van der Waals surface area (Å²) in [7, 11) is 0. The van der Waals surface area contributed by atoms with E-state index >= 15 is 0 Å². The minimum absolute atomic E-state index is 0.172. The molecule has 0 heterocycles. The van der Waals surface area contributed by atoms with E-state index in [4.69, 9.17) is 16.3 Å². The van der Waals surface area contributed by atoms with Crippen LogP contribution < -0.4 is 0 Å². The van der Waals surface area contributed by atoms with Gasteiger partial charge in [0.05, 0.1) is 12.0 Å². The summed E-state index contributed by atoms with van der Waals surface area (Å²) in [5.74, 6) is 0.618. The second-order valence-electron chi connectivity index (χ2n) is 5.08. The zero-order chi connectivity index (χ0) is 14.3. The van der Waals surface area contributed by atoms with E-state index < -0.39 is 0 Å². The minimum atomic E-state index is -0.363. The van der Waals surface area contributed by atoms with Gasteiger partial charge in [-0.2, -0.15) is 0 Å². The van der Waals surface area contributed by atoms with Crippen LogP contribution in [0.1, 0.15) is 46.5 Å². The number of Topliss-reactive ketones (excluding diaryl/α,β-unsaturated/α-hetero) is 1. The minimum Gasteiger partial charge on any atom is -0.372 e. The summed E-state index contributed by atoms with van der Waals surface area (Å²) in [6, 6.07) is 0. The van der Waals surface area contributed by atoms with Crippen molar-refractivity contribution in [3.63, 3.8) is 0 Å². The van der Waals surface area contributed by atoms with Crippen LogP contribution in [-0.4, -0.2) is 24.9 Å². The lowest BCUT2D eigenvalue weighted by atomic mass is 9.70. The Labute approximate surface area is 121 Å². The SMILES string of the molecule is CCC1=CC(CC)(C(=O)COCCCl)CC(CC)=C1. The van der Waals surface area contributed by atoms with Crippen molar-refractivity contribution in [2.75, 3.05) is 19.1 Å². The molecule has 0 radical (unpaired) electrons. The van der Waals surface area contributed by atoms with Crippen LogP contribution in [0.5, 0.6) is 0 Å². The number of hydrogen-bond donors (Lipinski definition) is 0. The van der Waals surface area contributed by atoms with E-state index in [-0.39, 0.29) is 17.8 Å². The van der Waals surface area contributed by atoms with Gasteiger partial charge in [0.25, 0.3) is 0 Å². The molecule has 19 heavy (non-hydrogen) atoms. The van der Waals surface area contributed by atoms with Gasteiger partial charge in [0, 0.05) is 5.88 Å². The van der Waals surface area contributed by atoms with E-state index in [0.29, 0.717) is 12.5 Å². The molecule has 0 aromatic heterocycles. The Balaban J connectivity index is 2.88. The predicted molar refractivity (Wildman–Crippen MR) is 80.6 cm³/mol. The summed E-state index contributed by atoms with van der Waals surface area (Å²) < 4.78 is 5.33. The van der Waals surface area contributed by atoms with Crippen molar-refractivity contribution < 1.29 is 9.53 Å². The Morgan fingerprint density at radius 3 is 2.63 bits per heavy atom. The van der Waals surface area contributed by atoms with Crippen molar-refractivity contribution >= 4 is 17.4 Å². The van der Waals surface area contributed by atoms with Crippen molar-refractivity contribution in [2.24, 2.45) is 5.41 Å². The smallest absolute Gasteiger partial charge is 0.168 e. The molecule has 1 aliphatic carbocycles. The molecule has 1 unspecified atom stereocenters. The van der Waals surface area contributed by atoms with E-state index in [9.17, 15) is 4.79 Å². The molecule has 0 amide bonds. The fraction of sp³-hybridized carbons (Fsp3) is 0.688. The summed E-state index contributed by atoms with van der Waals surface area (Å²) in [5, 5.41) is 0. The molecule has 0 saturated heterocycles. The first-order valence-electron chi connectivity index (χ1n) is 7.20. The lowest BCUT2D eigenvalue weighted by molar-refractivity contribution is -0.131. The Kier molecular flexibility index (Phi) is 6.81. The quantitative estimate of drug-likeness (QED) is 0.491. The number of carbonyl (C=O) groups is 1. The zero-order valence-electron chi connectivity index (χ0n) is 12.3. The lowest BCUT2D eigenvalue weighted by Crippen LogP contribution is -2.34. The molecule has 1 atom stereocenters. The summed E-state index contributed by atoms with van der Waals surface area (Å²) >= 11 is 5.57. The highest BCUT2D eigenvalue weighted by Gasteiger charge is 2.36.